The Morgan fingerprint density at radius 1 is 1.14 bits per heavy atom. The molecule has 3 heterocycles. The Hall–Kier alpha value is -1.79. The van der Waals surface area contributed by atoms with E-state index in [1.165, 1.54) is 18.4 Å². The molecule has 1 aromatic rings. The minimum Gasteiger partial charge on any atom is -0.454 e. The predicted octanol–water partition coefficient (Wildman–Crippen LogP) is 2.36. The van der Waals surface area contributed by atoms with Crippen LogP contribution in [0.5, 0.6) is 11.5 Å². The van der Waals surface area contributed by atoms with Gasteiger partial charge >= 0.3 is 0 Å². The zero-order valence-electron chi connectivity index (χ0n) is 16.4. The number of hydrogen-bond acceptors (Lipinski definition) is 5. The Labute approximate surface area is 166 Å². The van der Waals surface area contributed by atoms with Crippen molar-refractivity contribution >= 4 is 5.91 Å². The summed E-state index contributed by atoms with van der Waals surface area (Å²) < 4.78 is 16.7. The van der Waals surface area contributed by atoms with Crippen molar-refractivity contribution in [1.29, 1.82) is 0 Å². The van der Waals surface area contributed by atoms with Gasteiger partial charge in [-0.25, -0.2) is 0 Å². The number of amides is 1. The molecule has 152 valence electrons. The second-order valence-electron chi connectivity index (χ2n) is 8.87. The molecule has 1 aliphatic carbocycles. The number of carbonyl (C=O) groups excluding carboxylic acids is 1. The average molecular weight is 386 g/mol. The third-order valence-electron chi connectivity index (χ3n) is 7.51. The lowest BCUT2D eigenvalue weighted by atomic mass is 9.67. The van der Waals surface area contributed by atoms with E-state index in [2.05, 4.69) is 22.8 Å². The monoisotopic (exact) mass is 386 g/mol. The molecule has 6 nitrogen and oxygen atoms in total. The maximum Gasteiger partial charge on any atom is 0.231 e. The summed E-state index contributed by atoms with van der Waals surface area (Å²) in [7, 11) is 0. The van der Waals surface area contributed by atoms with Crippen LogP contribution in [0.1, 0.15) is 44.1 Å². The van der Waals surface area contributed by atoms with Crippen molar-refractivity contribution in [1.82, 2.24) is 10.6 Å². The number of nitrogens with one attached hydrogen (secondary N) is 2. The van der Waals surface area contributed by atoms with Gasteiger partial charge in [-0.05, 0) is 55.8 Å². The fourth-order valence-corrected chi connectivity index (χ4v) is 5.67. The molecule has 6 heteroatoms. The van der Waals surface area contributed by atoms with E-state index in [0.717, 1.165) is 63.5 Å². The minimum atomic E-state index is -0.209. The maximum absolute atomic E-state index is 13.4. The average Bonchev–Trinajstić information content (AvgIpc) is 3.39. The van der Waals surface area contributed by atoms with Crippen molar-refractivity contribution in [3.63, 3.8) is 0 Å². The van der Waals surface area contributed by atoms with Crippen LogP contribution in [-0.2, 0) is 14.9 Å². The molecular formula is C22H30N2O4. The van der Waals surface area contributed by atoms with Gasteiger partial charge in [-0.15, -0.1) is 0 Å². The SMILES string of the molecule is O=C(NCC1(c2ccc3c(c2)OCO3)CCOCC1)[C@@]12CCCC[C@H]1CNC2. The summed E-state index contributed by atoms with van der Waals surface area (Å²) >= 11 is 0. The fourth-order valence-electron chi connectivity index (χ4n) is 5.67. The zero-order chi connectivity index (χ0) is 19.0. The smallest absolute Gasteiger partial charge is 0.231 e. The lowest BCUT2D eigenvalue weighted by Crippen LogP contribution is -2.52. The van der Waals surface area contributed by atoms with E-state index >= 15 is 0 Å². The standard InChI is InChI=1S/C22H30N2O4/c25-20(22-6-2-1-3-17(22)12-23-14-22)24-13-21(7-9-26-10-8-21)16-4-5-18-19(11-16)28-15-27-18/h4-5,11,17,23H,1-3,6-10,12-15H2,(H,24,25)/t17-,22+/m0/s1. The van der Waals surface area contributed by atoms with Crippen LogP contribution >= 0.6 is 0 Å². The number of benzene rings is 1. The summed E-state index contributed by atoms with van der Waals surface area (Å²) in [5.74, 6) is 2.34. The summed E-state index contributed by atoms with van der Waals surface area (Å²) in [4.78, 5) is 13.4. The molecule has 2 atom stereocenters. The molecule has 0 bridgehead atoms. The molecule has 0 unspecified atom stereocenters. The van der Waals surface area contributed by atoms with Gasteiger partial charge in [0.25, 0.3) is 0 Å². The van der Waals surface area contributed by atoms with Crippen LogP contribution in [0, 0.1) is 11.3 Å². The first-order valence-corrected chi connectivity index (χ1v) is 10.7. The molecule has 2 N–H and O–H groups in total. The van der Waals surface area contributed by atoms with Crippen LogP contribution in [0.15, 0.2) is 18.2 Å². The molecular weight excluding hydrogens is 356 g/mol. The molecule has 28 heavy (non-hydrogen) atoms. The van der Waals surface area contributed by atoms with Gasteiger partial charge in [0.2, 0.25) is 12.7 Å². The van der Waals surface area contributed by atoms with Gasteiger partial charge in [0.15, 0.2) is 11.5 Å². The third-order valence-corrected chi connectivity index (χ3v) is 7.51. The van der Waals surface area contributed by atoms with Gasteiger partial charge in [-0.3, -0.25) is 4.79 Å². The third kappa shape index (κ3) is 2.98. The summed E-state index contributed by atoms with van der Waals surface area (Å²) in [6, 6.07) is 6.22. The highest BCUT2D eigenvalue weighted by Gasteiger charge is 2.50. The fraction of sp³-hybridized carbons (Fsp3) is 0.682. The molecule has 0 aromatic heterocycles. The van der Waals surface area contributed by atoms with Crippen LogP contribution in [0.4, 0.5) is 0 Å². The topological polar surface area (TPSA) is 68.8 Å². The van der Waals surface area contributed by atoms with Crippen molar-refractivity contribution < 1.29 is 19.0 Å². The first-order valence-electron chi connectivity index (χ1n) is 10.7. The Balaban J connectivity index is 1.37. The quantitative estimate of drug-likeness (QED) is 0.832. The number of fused-ring (bicyclic) bond motifs is 2. The van der Waals surface area contributed by atoms with E-state index < -0.39 is 0 Å². The highest BCUT2D eigenvalue weighted by molar-refractivity contribution is 5.84. The minimum absolute atomic E-state index is 0.109. The molecule has 5 rings (SSSR count). The maximum atomic E-state index is 13.4. The molecule has 3 fully saturated rings. The van der Waals surface area contributed by atoms with Gasteiger partial charge in [-0.2, -0.15) is 0 Å². The summed E-state index contributed by atoms with van der Waals surface area (Å²) in [6.45, 7) is 4.18. The number of rotatable bonds is 4. The van der Waals surface area contributed by atoms with Crippen LogP contribution in [0.25, 0.3) is 0 Å². The molecule has 1 amide bonds. The summed E-state index contributed by atoms with van der Waals surface area (Å²) in [5.41, 5.74) is 0.892. The van der Waals surface area contributed by atoms with Crippen LogP contribution in [0.3, 0.4) is 0 Å². The Kier molecular flexibility index (Phi) is 4.71. The van der Waals surface area contributed by atoms with Gasteiger partial charge in [-0.1, -0.05) is 18.9 Å². The van der Waals surface area contributed by atoms with E-state index in [1.807, 2.05) is 6.07 Å². The lowest BCUT2D eigenvalue weighted by molar-refractivity contribution is -0.134. The zero-order valence-corrected chi connectivity index (χ0v) is 16.4. The predicted molar refractivity (Wildman–Crippen MR) is 105 cm³/mol. The Morgan fingerprint density at radius 3 is 2.89 bits per heavy atom. The van der Waals surface area contributed by atoms with Crippen molar-refractivity contribution in [3.05, 3.63) is 23.8 Å². The van der Waals surface area contributed by atoms with E-state index in [1.54, 1.807) is 0 Å². The molecule has 0 radical (unpaired) electrons. The number of carbonyl (C=O) groups is 1. The van der Waals surface area contributed by atoms with Crippen molar-refractivity contribution in [2.24, 2.45) is 11.3 Å². The molecule has 1 saturated carbocycles. The normalized spacial score (nSPS) is 30.6. The lowest BCUT2D eigenvalue weighted by Gasteiger charge is -2.41. The molecule has 2 saturated heterocycles. The van der Waals surface area contributed by atoms with Gasteiger partial charge in [0.05, 0.1) is 5.41 Å². The van der Waals surface area contributed by atoms with Crippen molar-refractivity contribution in [2.45, 2.75) is 43.9 Å². The molecule has 0 spiro atoms. The highest BCUT2D eigenvalue weighted by atomic mass is 16.7. The first kappa shape index (κ1) is 18.3. The van der Waals surface area contributed by atoms with E-state index in [4.69, 9.17) is 14.2 Å². The second kappa shape index (κ2) is 7.23. The van der Waals surface area contributed by atoms with E-state index in [0.29, 0.717) is 12.5 Å². The first-order chi connectivity index (χ1) is 13.7. The summed E-state index contributed by atoms with van der Waals surface area (Å²) in [6.07, 6.45) is 6.40. The summed E-state index contributed by atoms with van der Waals surface area (Å²) in [5, 5.41) is 6.87. The van der Waals surface area contributed by atoms with Crippen molar-refractivity contribution in [3.8, 4) is 11.5 Å². The van der Waals surface area contributed by atoms with E-state index in [9.17, 15) is 4.79 Å². The van der Waals surface area contributed by atoms with Gasteiger partial charge in [0, 0.05) is 31.7 Å². The van der Waals surface area contributed by atoms with Crippen LogP contribution in [-0.4, -0.2) is 45.5 Å². The van der Waals surface area contributed by atoms with Crippen molar-refractivity contribution in [2.75, 3.05) is 39.6 Å². The Bertz CT molecular complexity index is 746. The largest absolute Gasteiger partial charge is 0.454 e. The molecule has 3 aliphatic heterocycles. The Morgan fingerprint density at radius 2 is 2.00 bits per heavy atom. The number of hydrogen-bond donors (Lipinski definition) is 2. The van der Waals surface area contributed by atoms with Gasteiger partial charge in [0.1, 0.15) is 0 Å². The van der Waals surface area contributed by atoms with Crippen LogP contribution in [0.2, 0.25) is 0 Å². The molecule has 4 aliphatic rings. The molecule has 1 aromatic carbocycles. The second-order valence-corrected chi connectivity index (χ2v) is 8.87. The van der Waals surface area contributed by atoms with E-state index in [-0.39, 0.29) is 23.5 Å². The van der Waals surface area contributed by atoms with Crippen LogP contribution < -0.4 is 20.1 Å². The van der Waals surface area contributed by atoms with Gasteiger partial charge < -0.3 is 24.8 Å². The number of ether oxygens (including phenoxy) is 3. The highest BCUT2D eigenvalue weighted by Crippen LogP contribution is 2.45.